The highest BCUT2D eigenvalue weighted by molar-refractivity contribution is 7.89. The van der Waals surface area contributed by atoms with E-state index in [9.17, 15) is 8.42 Å². The molecule has 0 aliphatic rings. The molecular weight excluding hydrogens is 310 g/mol. The van der Waals surface area contributed by atoms with E-state index in [1.807, 2.05) is 24.3 Å². The number of nitrogens with two attached hydrogens (primary N) is 1. The zero-order chi connectivity index (χ0) is 15.6. The number of sulfonamides is 1. The van der Waals surface area contributed by atoms with Crippen molar-refractivity contribution < 1.29 is 13.2 Å². The summed E-state index contributed by atoms with van der Waals surface area (Å²) in [6, 6.07) is 11.8. The van der Waals surface area contributed by atoms with Crippen molar-refractivity contribution in [1.29, 1.82) is 0 Å². The lowest BCUT2D eigenvalue weighted by molar-refractivity contribution is 0.481. The molecule has 112 valence electrons. The lowest BCUT2D eigenvalue weighted by Crippen LogP contribution is -2.11. The van der Waals surface area contributed by atoms with Crippen LogP contribution in [-0.4, -0.2) is 8.42 Å². The highest BCUT2D eigenvalue weighted by Crippen LogP contribution is 2.32. The van der Waals surface area contributed by atoms with Gasteiger partial charge in [-0.3, -0.25) is 0 Å². The first-order chi connectivity index (χ1) is 9.77. The van der Waals surface area contributed by atoms with Crippen molar-refractivity contribution in [2.75, 3.05) is 0 Å². The summed E-state index contributed by atoms with van der Waals surface area (Å²) in [6.07, 6.45) is 0. The van der Waals surface area contributed by atoms with Crippen molar-refractivity contribution in [2.24, 2.45) is 5.14 Å². The molecule has 4 nitrogen and oxygen atoms in total. The van der Waals surface area contributed by atoms with E-state index in [0.717, 1.165) is 5.56 Å². The van der Waals surface area contributed by atoms with Gasteiger partial charge in [0, 0.05) is 0 Å². The van der Waals surface area contributed by atoms with Crippen LogP contribution in [0.3, 0.4) is 0 Å². The fourth-order valence-electron chi connectivity index (χ4n) is 1.81. The lowest BCUT2D eigenvalue weighted by Gasteiger charge is -2.11. The third-order valence-electron chi connectivity index (χ3n) is 2.98. The van der Waals surface area contributed by atoms with Crippen LogP contribution in [0.4, 0.5) is 0 Å². The Hall–Kier alpha value is -1.56. The summed E-state index contributed by atoms with van der Waals surface area (Å²) in [4.78, 5) is -0.0456. The van der Waals surface area contributed by atoms with E-state index in [2.05, 4.69) is 13.8 Å². The molecule has 2 aromatic rings. The van der Waals surface area contributed by atoms with Crippen LogP contribution in [0.5, 0.6) is 11.5 Å². The number of hydrogen-bond acceptors (Lipinski definition) is 3. The van der Waals surface area contributed by atoms with Gasteiger partial charge in [0.2, 0.25) is 10.0 Å². The van der Waals surface area contributed by atoms with Gasteiger partial charge in [-0.15, -0.1) is 0 Å². The Kier molecular flexibility index (Phi) is 4.56. The van der Waals surface area contributed by atoms with Gasteiger partial charge < -0.3 is 4.74 Å². The molecule has 0 heterocycles. The summed E-state index contributed by atoms with van der Waals surface area (Å²) in [5.41, 5.74) is 1.14. The van der Waals surface area contributed by atoms with Crippen LogP contribution >= 0.6 is 11.6 Å². The minimum atomic E-state index is -3.77. The van der Waals surface area contributed by atoms with Crippen LogP contribution in [0.15, 0.2) is 47.4 Å². The smallest absolute Gasteiger partial charge is 0.238 e. The third-order valence-corrected chi connectivity index (χ3v) is 4.19. The number of hydrogen-bond donors (Lipinski definition) is 1. The number of rotatable bonds is 4. The second kappa shape index (κ2) is 6.05. The Morgan fingerprint density at radius 2 is 1.86 bits per heavy atom. The average Bonchev–Trinajstić information content (AvgIpc) is 2.40. The van der Waals surface area contributed by atoms with E-state index in [0.29, 0.717) is 17.4 Å². The normalized spacial score (nSPS) is 11.7. The second-order valence-electron chi connectivity index (χ2n) is 4.97. The van der Waals surface area contributed by atoms with E-state index >= 15 is 0 Å². The minimum absolute atomic E-state index is 0.0456. The molecule has 0 bridgehead atoms. The molecule has 0 unspecified atom stereocenters. The molecule has 0 saturated heterocycles. The van der Waals surface area contributed by atoms with E-state index in [-0.39, 0.29) is 9.92 Å². The molecule has 0 amide bonds. The molecule has 2 N–H and O–H groups in total. The van der Waals surface area contributed by atoms with Crippen molar-refractivity contribution in [3.8, 4) is 11.5 Å². The average molecular weight is 326 g/mol. The van der Waals surface area contributed by atoms with Gasteiger partial charge in [-0.05, 0) is 41.8 Å². The molecule has 2 rings (SSSR count). The molecule has 0 fully saturated rings. The van der Waals surface area contributed by atoms with Crippen LogP contribution in [0.2, 0.25) is 5.02 Å². The van der Waals surface area contributed by atoms with E-state index in [1.54, 1.807) is 0 Å². The Balaban J connectivity index is 2.30. The number of ether oxygens (including phenoxy) is 1. The van der Waals surface area contributed by atoms with Crippen LogP contribution < -0.4 is 9.88 Å². The maximum absolute atomic E-state index is 11.3. The summed E-state index contributed by atoms with van der Waals surface area (Å²) in [6.45, 7) is 4.18. The molecule has 0 saturated carbocycles. The molecular formula is C15H16ClNO3S. The summed E-state index contributed by atoms with van der Waals surface area (Å²) in [5.74, 6) is 1.41. The van der Waals surface area contributed by atoms with E-state index in [1.165, 1.54) is 18.2 Å². The zero-order valence-corrected chi connectivity index (χ0v) is 13.3. The summed E-state index contributed by atoms with van der Waals surface area (Å²) >= 11 is 6.04. The van der Waals surface area contributed by atoms with Crippen molar-refractivity contribution >= 4 is 21.6 Å². The highest BCUT2D eigenvalue weighted by Gasteiger charge is 2.12. The van der Waals surface area contributed by atoms with E-state index in [4.69, 9.17) is 21.5 Å². The molecule has 2 aromatic carbocycles. The molecule has 0 aromatic heterocycles. The Morgan fingerprint density at radius 3 is 2.43 bits per heavy atom. The molecule has 0 atom stereocenters. The van der Waals surface area contributed by atoms with Crippen LogP contribution in [0, 0.1) is 0 Å². The fraction of sp³-hybridized carbons (Fsp3) is 0.200. The van der Waals surface area contributed by atoms with Crippen molar-refractivity contribution in [3.05, 3.63) is 53.1 Å². The Morgan fingerprint density at radius 1 is 1.14 bits per heavy atom. The zero-order valence-electron chi connectivity index (χ0n) is 11.7. The topological polar surface area (TPSA) is 69.4 Å². The third kappa shape index (κ3) is 3.97. The molecule has 0 aliphatic heterocycles. The van der Waals surface area contributed by atoms with Crippen molar-refractivity contribution in [3.63, 3.8) is 0 Å². The SMILES string of the molecule is CC(C)c1cccc(Oc2ccc(S(N)(=O)=O)cc2Cl)c1. The highest BCUT2D eigenvalue weighted by atomic mass is 35.5. The van der Waals surface area contributed by atoms with Gasteiger partial charge in [-0.25, -0.2) is 13.6 Å². The molecule has 0 radical (unpaired) electrons. The van der Waals surface area contributed by atoms with Gasteiger partial charge in [-0.2, -0.15) is 0 Å². The quantitative estimate of drug-likeness (QED) is 0.926. The van der Waals surface area contributed by atoms with Gasteiger partial charge >= 0.3 is 0 Å². The van der Waals surface area contributed by atoms with Crippen LogP contribution in [0.25, 0.3) is 0 Å². The molecule has 0 spiro atoms. The maximum atomic E-state index is 11.3. The minimum Gasteiger partial charge on any atom is -0.456 e. The molecule has 6 heteroatoms. The Bertz CT molecular complexity index is 757. The first-order valence-electron chi connectivity index (χ1n) is 6.37. The number of halogens is 1. The van der Waals surface area contributed by atoms with Gasteiger partial charge in [0.15, 0.2) is 0 Å². The van der Waals surface area contributed by atoms with Gasteiger partial charge in [0.25, 0.3) is 0 Å². The van der Waals surface area contributed by atoms with Gasteiger partial charge in [0.05, 0.1) is 9.92 Å². The molecule has 21 heavy (non-hydrogen) atoms. The van der Waals surface area contributed by atoms with Crippen molar-refractivity contribution in [2.45, 2.75) is 24.7 Å². The first kappa shape index (κ1) is 15.8. The van der Waals surface area contributed by atoms with Crippen LogP contribution in [0.1, 0.15) is 25.3 Å². The van der Waals surface area contributed by atoms with Gasteiger partial charge in [0.1, 0.15) is 11.5 Å². The van der Waals surface area contributed by atoms with Crippen LogP contribution in [-0.2, 0) is 10.0 Å². The Labute approximate surface area is 129 Å². The molecule has 0 aliphatic carbocycles. The fourth-order valence-corrected chi connectivity index (χ4v) is 2.63. The predicted octanol–water partition coefficient (Wildman–Crippen LogP) is 3.90. The predicted molar refractivity (Wildman–Crippen MR) is 83.4 cm³/mol. The van der Waals surface area contributed by atoms with Gasteiger partial charge in [-0.1, -0.05) is 37.6 Å². The maximum Gasteiger partial charge on any atom is 0.238 e. The lowest BCUT2D eigenvalue weighted by atomic mass is 10.0. The monoisotopic (exact) mass is 325 g/mol. The summed E-state index contributed by atoms with van der Waals surface area (Å²) < 4.78 is 28.2. The van der Waals surface area contributed by atoms with E-state index < -0.39 is 10.0 Å². The first-order valence-corrected chi connectivity index (χ1v) is 8.30. The van der Waals surface area contributed by atoms with Crippen molar-refractivity contribution in [1.82, 2.24) is 0 Å². The second-order valence-corrected chi connectivity index (χ2v) is 6.94. The largest absolute Gasteiger partial charge is 0.456 e. The summed E-state index contributed by atoms with van der Waals surface area (Å²) in [7, 11) is -3.77. The number of primary sulfonamides is 1. The number of benzene rings is 2. The summed E-state index contributed by atoms with van der Waals surface area (Å²) in [5, 5.41) is 5.25. The standard InChI is InChI=1S/C15H16ClNO3S/c1-10(2)11-4-3-5-12(8-11)20-15-7-6-13(9-14(15)16)21(17,18)19/h3-10H,1-2H3,(H2,17,18,19).